The summed E-state index contributed by atoms with van der Waals surface area (Å²) in [5.74, 6) is 0.388. The number of rotatable bonds is 0. The highest BCUT2D eigenvalue weighted by atomic mass is 14.6. The molecule has 3 aromatic carbocycles. The van der Waals surface area contributed by atoms with Gasteiger partial charge in [0.05, 0.1) is 0 Å². The summed E-state index contributed by atoms with van der Waals surface area (Å²) < 4.78 is 0. The van der Waals surface area contributed by atoms with E-state index >= 15 is 0 Å². The highest BCUT2D eigenvalue weighted by molar-refractivity contribution is 6.16. The molecule has 0 bridgehead atoms. The van der Waals surface area contributed by atoms with Gasteiger partial charge in [-0.05, 0) is 73.7 Å². The molecule has 0 heterocycles. The second-order valence-electron chi connectivity index (χ2n) is 8.58. The molecule has 0 saturated carbocycles. The van der Waals surface area contributed by atoms with Gasteiger partial charge in [0.15, 0.2) is 0 Å². The van der Waals surface area contributed by atoms with E-state index in [0.717, 1.165) is 0 Å². The first-order chi connectivity index (χ1) is 13.3. The van der Waals surface area contributed by atoms with Crippen molar-refractivity contribution in [2.75, 3.05) is 0 Å². The Hall–Kier alpha value is -3.12. The fraction of sp³-hybridized carbons (Fsp3) is 0.111. The average Bonchev–Trinajstić information content (AvgIpc) is 3.20. The van der Waals surface area contributed by atoms with E-state index in [-0.39, 0.29) is 5.41 Å². The van der Waals surface area contributed by atoms with Crippen LogP contribution in [-0.4, -0.2) is 0 Å². The van der Waals surface area contributed by atoms with Gasteiger partial charge in [0.2, 0.25) is 0 Å². The average molecular weight is 340 g/mol. The second-order valence-corrected chi connectivity index (χ2v) is 8.58. The number of fused-ring (bicyclic) bond motifs is 4. The third-order valence-corrected chi connectivity index (χ3v) is 7.62. The largest absolute Gasteiger partial charge is 0.0726 e. The van der Waals surface area contributed by atoms with E-state index in [1.807, 2.05) is 0 Å². The van der Waals surface area contributed by atoms with Gasteiger partial charge >= 0.3 is 0 Å². The second kappa shape index (κ2) is 3.77. The summed E-state index contributed by atoms with van der Waals surface area (Å²) in [5.41, 5.74) is 17.9. The maximum absolute atomic E-state index is 2.49. The van der Waals surface area contributed by atoms with Crippen LogP contribution in [0, 0.1) is 0 Å². The van der Waals surface area contributed by atoms with Gasteiger partial charge < -0.3 is 0 Å². The monoisotopic (exact) mass is 340 g/mol. The van der Waals surface area contributed by atoms with E-state index < -0.39 is 0 Å². The highest BCUT2D eigenvalue weighted by Gasteiger charge is 2.56. The maximum Gasteiger partial charge on any atom is 0.0454 e. The number of allylic oxidation sites excluding steroid dienone is 6. The van der Waals surface area contributed by atoms with Crippen molar-refractivity contribution in [1.82, 2.24) is 0 Å². The fourth-order valence-electron chi connectivity index (χ4n) is 6.85. The van der Waals surface area contributed by atoms with E-state index in [2.05, 4.69) is 79.7 Å². The zero-order valence-corrected chi connectivity index (χ0v) is 15.0. The predicted molar refractivity (Wildman–Crippen MR) is 111 cm³/mol. The van der Waals surface area contributed by atoms with Gasteiger partial charge in [0.25, 0.3) is 0 Å². The molecule has 0 spiro atoms. The summed E-state index contributed by atoms with van der Waals surface area (Å²) >= 11 is 0. The van der Waals surface area contributed by atoms with Crippen LogP contribution in [0.3, 0.4) is 0 Å². The molecule has 5 aliphatic carbocycles. The third kappa shape index (κ3) is 1.11. The topological polar surface area (TPSA) is 0 Å². The van der Waals surface area contributed by atoms with E-state index in [1.54, 1.807) is 16.7 Å². The summed E-state index contributed by atoms with van der Waals surface area (Å²) in [6.45, 7) is 2.49. The Labute approximate surface area is 158 Å². The van der Waals surface area contributed by atoms with Crippen LogP contribution < -0.4 is 0 Å². The van der Waals surface area contributed by atoms with Crippen molar-refractivity contribution in [2.45, 2.75) is 18.3 Å². The molecule has 0 fully saturated rings. The summed E-state index contributed by atoms with van der Waals surface area (Å²) in [4.78, 5) is 0. The molecule has 2 atom stereocenters. The molecule has 3 aromatic rings. The highest BCUT2D eigenvalue weighted by Crippen LogP contribution is 2.71. The molecule has 0 heteroatoms. The Morgan fingerprint density at radius 3 is 2.26 bits per heavy atom. The minimum absolute atomic E-state index is 0.0203. The molecule has 1 unspecified atom stereocenters. The van der Waals surface area contributed by atoms with Gasteiger partial charge in [-0.15, -0.1) is 0 Å². The molecule has 27 heavy (non-hydrogen) atoms. The molecule has 8 rings (SSSR count). The van der Waals surface area contributed by atoms with Gasteiger partial charge in [-0.3, -0.25) is 0 Å². The summed E-state index contributed by atoms with van der Waals surface area (Å²) in [6, 6.07) is 20.8. The maximum atomic E-state index is 2.49. The Kier molecular flexibility index (Phi) is 1.83. The minimum atomic E-state index is -0.0203. The van der Waals surface area contributed by atoms with E-state index in [9.17, 15) is 0 Å². The van der Waals surface area contributed by atoms with Crippen LogP contribution in [-0.2, 0) is 5.41 Å². The first-order valence-electron chi connectivity index (χ1n) is 9.85. The van der Waals surface area contributed by atoms with Gasteiger partial charge in [-0.1, -0.05) is 72.8 Å². The van der Waals surface area contributed by atoms with Crippen LogP contribution in [0.15, 0.2) is 78.4 Å². The van der Waals surface area contributed by atoms with Crippen LogP contribution in [0.5, 0.6) is 0 Å². The van der Waals surface area contributed by atoms with E-state index in [0.29, 0.717) is 5.92 Å². The zero-order chi connectivity index (χ0) is 17.5. The molecule has 0 radical (unpaired) electrons. The van der Waals surface area contributed by atoms with Gasteiger partial charge in [-0.2, -0.15) is 0 Å². The SMILES string of the molecule is C[C@]12C3=C4C5=CC=CC4c4cccc(c41)-c1cccc(c12)-c1cccc5c13. The molecule has 0 amide bonds. The van der Waals surface area contributed by atoms with Crippen molar-refractivity contribution < 1.29 is 0 Å². The summed E-state index contributed by atoms with van der Waals surface area (Å²) in [5, 5.41) is 0. The van der Waals surface area contributed by atoms with Crippen LogP contribution in [0.4, 0.5) is 0 Å². The van der Waals surface area contributed by atoms with Crippen molar-refractivity contribution in [3.8, 4) is 22.3 Å². The standard InChI is InChI=1S/C27H16/c1-27-24-18-10-4-12-20(24)21-13-5-11-19(25(21)27)17-9-3-7-15-14-6-2-8-16(18)22(14)26(27)23(15)17/h2-13,16H,1H3/t16?,27-/m0/s1. The van der Waals surface area contributed by atoms with Gasteiger partial charge in [0, 0.05) is 11.3 Å². The summed E-state index contributed by atoms with van der Waals surface area (Å²) in [7, 11) is 0. The molecule has 124 valence electrons. The van der Waals surface area contributed by atoms with Crippen LogP contribution in [0.1, 0.15) is 40.7 Å². The Morgan fingerprint density at radius 1 is 0.741 bits per heavy atom. The normalized spacial score (nSPS) is 25.7. The lowest BCUT2D eigenvalue weighted by molar-refractivity contribution is 0.723. The number of hydrogen-bond acceptors (Lipinski definition) is 0. The zero-order valence-electron chi connectivity index (χ0n) is 15.0. The van der Waals surface area contributed by atoms with Crippen molar-refractivity contribution in [3.05, 3.63) is 106 Å². The van der Waals surface area contributed by atoms with E-state index in [4.69, 9.17) is 0 Å². The Bertz CT molecular complexity index is 1380. The first-order valence-corrected chi connectivity index (χ1v) is 9.85. The molecule has 0 N–H and O–H groups in total. The molecule has 0 saturated heterocycles. The first kappa shape index (κ1) is 13.1. The smallest absolute Gasteiger partial charge is 0.0454 e. The lowest BCUT2D eigenvalue weighted by atomic mass is 9.59. The lowest BCUT2D eigenvalue weighted by Gasteiger charge is -2.43. The lowest BCUT2D eigenvalue weighted by Crippen LogP contribution is -2.32. The number of hydrogen-bond donors (Lipinski definition) is 0. The van der Waals surface area contributed by atoms with Crippen LogP contribution >= 0.6 is 0 Å². The van der Waals surface area contributed by atoms with Gasteiger partial charge in [0.1, 0.15) is 0 Å². The molecular weight excluding hydrogens is 324 g/mol. The third-order valence-electron chi connectivity index (χ3n) is 7.62. The molecular formula is C27H16. The van der Waals surface area contributed by atoms with Crippen molar-refractivity contribution >= 4 is 11.1 Å². The molecule has 5 aliphatic rings. The van der Waals surface area contributed by atoms with Crippen LogP contribution in [0.25, 0.3) is 33.4 Å². The Morgan fingerprint density at radius 2 is 1.41 bits per heavy atom. The van der Waals surface area contributed by atoms with Crippen LogP contribution in [0.2, 0.25) is 0 Å². The van der Waals surface area contributed by atoms with Crippen molar-refractivity contribution in [3.63, 3.8) is 0 Å². The number of benzene rings is 3. The van der Waals surface area contributed by atoms with Gasteiger partial charge in [-0.25, -0.2) is 0 Å². The minimum Gasteiger partial charge on any atom is -0.0726 e. The quantitative estimate of drug-likeness (QED) is 0.440. The van der Waals surface area contributed by atoms with Crippen molar-refractivity contribution in [1.29, 1.82) is 0 Å². The summed E-state index contributed by atoms with van der Waals surface area (Å²) in [6.07, 6.45) is 7.02. The predicted octanol–water partition coefficient (Wildman–Crippen LogP) is 6.47. The molecule has 0 nitrogen and oxygen atoms in total. The molecule has 0 aromatic heterocycles. The Balaban J connectivity index is 1.73. The molecule has 0 aliphatic heterocycles. The fourth-order valence-corrected chi connectivity index (χ4v) is 6.85. The van der Waals surface area contributed by atoms with Crippen molar-refractivity contribution in [2.24, 2.45) is 0 Å². The van der Waals surface area contributed by atoms with E-state index in [1.165, 1.54) is 50.1 Å².